The molecule has 0 bridgehead atoms. The lowest BCUT2D eigenvalue weighted by Gasteiger charge is -2.35. The van der Waals surface area contributed by atoms with Gasteiger partial charge in [-0.25, -0.2) is 13.9 Å². The molecule has 0 N–H and O–H groups in total. The van der Waals surface area contributed by atoms with E-state index in [9.17, 15) is 4.39 Å². The molecule has 8 nitrogen and oxygen atoms in total. The fourth-order valence-corrected chi connectivity index (χ4v) is 3.86. The molecule has 0 radical (unpaired) electrons. The molecule has 0 aliphatic carbocycles. The summed E-state index contributed by atoms with van der Waals surface area (Å²) < 4.78 is 22.0. The molecule has 154 valence electrons. The van der Waals surface area contributed by atoms with Crippen molar-refractivity contribution in [2.75, 3.05) is 37.6 Å². The van der Waals surface area contributed by atoms with E-state index in [0.29, 0.717) is 28.5 Å². The number of nitrogens with zero attached hydrogens (tertiary/aromatic N) is 7. The van der Waals surface area contributed by atoms with Crippen molar-refractivity contribution in [1.29, 1.82) is 0 Å². The highest BCUT2D eigenvalue weighted by Crippen LogP contribution is 2.28. The van der Waals surface area contributed by atoms with Gasteiger partial charge in [0.05, 0.1) is 23.1 Å². The summed E-state index contributed by atoms with van der Waals surface area (Å²) in [5, 5.41) is 8.30. The van der Waals surface area contributed by atoms with Crippen LogP contribution in [0.3, 0.4) is 0 Å². The first-order valence-corrected chi connectivity index (χ1v) is 10.0. The molecular weight excluding hydrogens is 385 g/mol. The summed E-state index contributed by atoms with van der Waals surface area (Å²) in [6.07, 6.45) is 3.37. The van der Waals surface area contributed by atoms with E-state index >= 15 is 0 Å². The number of fused-ring (bicyclic) bond motifs is 1. The number of hydrogen-bond donors (Lipinski definition) is 0. The average Bonchev–Trinajstić information content (AvgIpc) is 3.44. The van der Waals surface area contributed by atoms with Crippen molar-refractivity contribution in [2.45, 2.75) is 13.8 Å². The third kappa shape index (κ3) is 3.21. The second kappa shape index (κ2) is 7.49. The van der Waals surface area contributed by atoms with Gasteiger partial charge in [0.2, 0.25) is 5.82 Å². The number of hydrogen-bond acceptors (Lipinski definition) is 7. The Kier molecular flexibility index (Phi) is 4.66. The van der Waals surface area contributed by atoms with Crippen molar-refractivity contribution in [3.8, 4) is 22.8 Å². The Morgan fingerprint density at radius 2 is 1.97 bits per heavy atom. The Hall–Kier alpha value is -3.33. The zero-order valence-electron chi connectivity index (χ0n) is 16.9. The first kappa shape index (κ1) is 18.7. The second-order valence-electron chi connectivity index (χ2n) is 7.37. The molecule has 1 fully saturated rings. The highest BCUT2D eigenvalue weighted by Gasteiger charge is 2.20. The van der Waals surface area contributed by atoms with Crippen LogP contribution >= 0.6 is 0 Å². The number of benzene rings is 1. The molecule has 0 atom stereocenters. The van der Waals surface area contributed by atoms with Gasteiger partial charge in [-0.1, -0.05) is 12.1 Å². The molecule has 1 aliphatic heterocycles. The number of halogens is 1. The summed E-state index contributed by atoms with van der Waals surface area (Å²) in [5.74, 6) is 0.387. The molecule has 1 saturated heterocycles. The maximum atomic E-state index is 14.9. The summed E-state index contributed by atoms with van der Waals surface area (Å²) in [4.78, 5) is 13.3. The molecule has 4 heterocycles. The van der Waals surface area contributed by atoms with Gasteiger partial charge in [0.1, 0.15) is 5.82 Å². The predicted octanol–water partition coefficient (Wildman–Crippen LogP) is 3.04. The number of anilines is 1. The van der Waals surface area contributed by atoms with Gasteiger partial charge in [-0.15, -0.1) is 0 Å². The molecule has 0 saturated carbocycles. The number of aryl methyl sites for hydroxylation is 1. The van der Waals surface area contributed by atoms with Crippen LogP contribution in [0.4, 0.5) is 10.1 Å². The van der Waals surface area contributed by atoms with Gasteiger partial charge < -0.3 is 14.3 Å². The Morgan fingerprint density at radius 3 is 2.73 bits per heavy atom. The summed E-state index contributed by atoms with van der Waals surface area (Å²) >= 11 is 0. The maximum absolute atomic E-state index is 14.9. The molecule has 0 amide bonds. The van der Waals surface area contributed by atoms with Gasteiger partial charge >= 0.3 is 0 Å². The zero-order chi connectivity index (χ0) is 20.7. The fourth-order valence-electron chi connectivity index (χ4n) is 3.86. The van der Waals surface area contributed by atoms with Gasteiger partial charge in [-0.05, 0) is 31.7 Å². The Labute approximate surface area is 172 Å². The highest BCUT2D eigenvalue weighted by atomic mass is 19.1. The maximum Gasteiger partial charge on any atom is 0.261 e. The molecule has 3 aromatic heterocycles. The monoisotopic (exact) mass is 407 g/mol. The van der Waals surface area contributed by atoms with Gasteiger partial charge in [0, 0.05) is 44.0 Å². The molecule has 0 unspecified atom stereocenters. The summed E-state index contributed by atoms with van der Waals surface area (Å²) in [5.41, 5.74) is 3.46. The average molecular weight is 407 g/mol. The van der Waals surface area contributed by atoms with Crippen LogP contribution in [0.25, 0.3) is 28.5 Å². The van der Waals surface area contributed by atoms with Crippen LogP contribution in [0.5, 0.6) is 0 Å². The van der Waals surface area contributed by atoms with Crippen molar-refractivity contribution in [1.82, 2.24) is 29.6 Å². The Bertz CT molecular complexity index is 1190. The van der Waals surface area contributed by atoms with Crippen LogP contribution in [0.2, 0.25) is 0 Å². The van der Waals surface area contributed by atoms with Gasteiger partial charge in [0.25, 0.3) is 5.89 Å². The lowest BCUT2D eigenvalue weighted by atomic mass is 10.1. The van der Waals surface area contributed by atoms with Gasteiger partial charge in [-0.3, -0.25) is 0 Å². The third-order valence-corrected chi connectivity index (χ3v) is 5.68. The quantitative estimate of drug-likeness (QED) is 0.515. The van der Waals surface area contributed by atoms with Crippen molar-refractivity contribution < 1.29 is 8.91 Å². The smallest absolute Gasteiger partial charge is 0.261 e. The second-order valence-corrected chi connectivity index (χ2v) is 7.37. The van der Waals surface area contributed by atoms with Crippen LogP contribution in [0.15, 0.2) is 41.2 Å². The van der Waals surface area contributed by atoms with Crippen molar-refractivity contribution >= 4 is 11.3 Å². The van der Waals surface area contributed by atoms with E-state index in [4.69, 9.17) is 4.52 Å². The van der Waals surface area contributed by atoms with E-state index in [0.717, 1.165) is 44.1 Å². The summed E-state index contributed by atoms with van der Waals surface area (Å²) in [6.45, 7) is 8.61. The van der Waals surface area contributed by atoms with Crippen LogP contribution in [0, 0.1) is 12.7 Å². The van der Waals surface area contributed by atoms with Gasteiger partial charge in [0.15, 0.2) is 5.65 Å². The summed E-state index contributed by atoms with van der Waals surface area (Å²) in [6, 6.07) is 6.92. The van der Waals surface area contributed by atoms with Crippen LogP contribution in [-0.4, -0.2) is 62.4 Å². The molecule has 30 heavy (non-hydrogen) atoms. The first-order chi connectivity index (χ1) is 14.6. The molecule has 5 rings (SSSR count). The third-order valence-electron chi connectivity index (χ3n) is 5.68. The minimum atomic E-state index is -0.278. The molecule has 1 aromatic carbocycles. The van der Waals surface area contributed by atoms with E-state index in [1.54, 1.807) is 23.0 Å². The predicted molar refractivity (Wildman–Crippen MR) is 111 cm³/mol. The van der Waals surface area contributed by atoms with Crippen LogP contribution in [-0.2, 0) is 0 Å². The highest BCUT2D eigenvalue weighted by molar-refractivity contribution is 5.64. The topological polar surface area (TPSA) is 75.6 Å². The van der Waals surface area contributed by atoms with Crippen molar-refractivity contribution in [3.63, 3.8) is 0 Å². The van der Waals surface area contributed by atoms with E-state index in [-0.39, 0.29) is 5.82 Å². The Balaban J connectivity index is 1.41. The van der Waals surface area contributed by atoms with Crippen LogP contribution in [0.1, 0.15) is 12.6 Å². The van der Waals surface area contributed by atoms with E-state index in [1.807, 2.05) is 19.1 Å². The lowest BCUT2D eigenvalue weighted by molar-refractivity contribution is 0.270. The SMILES string of the molecule is CCN1CCN(c2ccc(-c3noc(-c4cnc5ccnn5c4C)n3)cc2F)CC1. The first-order valence-electron chi connectivity index (χ1n) is 10.0. The van der Waals surface area contributed by atoms with Gasteiger partial charge in [-0.2, -0.15) is 10.1 Å². The molecular formula is C21H22FN7O. The summed E-state index contributed by atoms with van der Waals surface area (Å²) in [7, 11) is 0. The largest absolute Gasteiger partial charge is 0.367 e. The molecule has 1 aliphatic rings. The van der Waals surface area contributed by atoms with E-state index in [1.165, 1.54) is 6.07 Å². The Morgan fingerprint density at radius 1 is 1.13 bits per heavy atom. The molecule has 9 heteroatoms. The van der Waals surface area contributed by atoms with E-state index < -0.39 is 0 Å². The number of likely N-dealkylation sites (N-methyl/N-ethyl adjacent to an activating group) is 1. The minimum Gasteiger partial charge on any atom is -0.367 e. The number of rotatable bonds is 4. The molecule has 0 spiro atoms. The number of aromatic nitrogens is 5. The number of piperazine rings is 1. The lowest BCUT2D eigenvalue weighted by Crippen LogP contribution is -2.46. The normalized spacial score (nSPS) is 15.2. The zero-order valence-corrected chi connectivity index (χ0v) is 16.9. The fraction of sp³-hybridized carbons (Fsp3) is 0.333. The van der Waals surface area contributed by atoms with Crippen molar-refractivity contribution in [3.05, 3.63) is 48.2 Å². The van der Waals surface area contributed by atoms with Crippen molar-refractivity contribution in [2.24, 2.45) is 0 Å². The minimum absolute atomic E-state index is 0.278. The van der Waals surface area contributed by atoms with E-state index in [2.05, 4.69) is 36.9 Å². The van der Waals surface area contributed by atoms with Crippen LogP contribution < -0.4 is 4.90 Å². The molecule has 4 aromatic rings. The standard InChI is InChI=1S/C21H22FN7O/c1-3-27-8-10-28(11-9-27)18-5-4-15(12-17(18)22)20-25-21(30-26-20)16-13-23-19-6-7-24-29(19)14(16)2/h4-7,12-13H,3,8-11H2,1-2H3.